The van der Waals surface area contributed by atoms with E-state index in [0.717, 1.165) is 38.0 Å². The molecule has 3 N–H and O–H groups in total. The molecule has 0 saturated heterocycles. The third kappa shape index (κ3) is 7.79. The summed E-state index contributed by atoms with van der Waals surface area (Å²) in [6, 6.07) is 7.90. The van der Waals surface area contributed by atoms with E-state index in [0.29, 0.717) is 19.6 Å². The lowest BCUT2D eigenvalue weighted by Crippen LogP contribution is -2.27. The summed E-state index contributed by atoms with van der Waals surface area (Å²) in [4.78, 5) is 11.5. The van der Waals surface area contributed by atoms with Gasteiger partial charge in [0.2, 0.25) is 5.91 Å². The molecule has 0 unspecified atom stereocenters. The van der Waals surface area contributed by atoms with Gasteiger partial charge in [0, 0.05) is 6.42 Å². The zero-order valence-electron chi connectivity index (χ0n) is 12.4. The van der Waals surface area contributed by atoms with Crippen molar-refractivity contribution < 1.29 is 9.53 Å². The third-order valence-electron chi connectivity index (χ3n) is 3.07. The summed E-state index contributed by atoms with van der Waals surface area (Å²) in [5, 5.41) is 2.87. The van der Waals surface area contributed by atoms with Gasteiger partial charge in [-0.05, 0) is 38.4 Å². The van der Waals surface area contributed by atoms with E-state index in [2.05, 4.69) is 5.32 Å². The SMILES string of the molecule is Cc1ccc(OCCNC(=O)CCCCCCN)cc1. The van der Waals surface area contributed by atoms with Gasteiger partial charge >= 0.3 is 0 Å². The van der Waals surface area contributed by atoms with Crippen molar-refractivity contribution in [2.45, 2.75) is 39.0 Å². The van der Waals surface area contributed by atoms with Crippen LogP contribution in [0.2, 0.25) is 0 Å². The first-order valence-electron chi connectivity index (χ1n) is 7.38. The van der Waals surface area contributed by atoms with Crippen LogP contribution in [0.5, 0.6) is 5.75 Å². The number of unbranched alkanes of at least 4 members (excludes halogenated alkanes) is 3. The number of ether oxygens (including phenoxy) is 1. The largest absolute Gasteiger partial charge is 0.492 e. The average Bonchev–Trinajstić information content (AvgIpc) is 2.45. The van der Waals surface area contributed by atoms with E-state index in [9.17, 15) is 4.79 Å². The number of nitrogens with two attached hydrogens (primary N) is 1. The molecule has 0 spiro atoms. The van der Waals surface area contributed by atoms with Crippen LogP contribution in [-0.2, 0) is 4.79 Å². The Morgan fingerprint density at radius 2 is 1.85 bits per heavy atom. The number of nitrogens with one attached hydrogen (secondary N) is 1. The Morgan fingerprint density at radius 1 is 1.15 bits per heavy atom. The number of carbonyl (C=O) groups excluding carboxylic acids is 1. The molecule has 0 fully saturated rings. The molecular weight excluding hydrogens is 252 g/mol. The summed E-state index contributed by atoms with van der Waals surface area (Å²) in [7, 11) is 0. The number of amides is 1. The molecule has 1 rings (SSSR count). The highest BCUT2D eigenvalue weighted by Gasteiger charge is 2.00. The molecule has 4 heteroatoms. The first kappa shape index (κ1) is 16.5. The van der Waals surface area contributed by atoms with Gasteiger partial charge in [-0.1, -0.05) is 30.5 Å². The summed E-state index contributed by atoms with van der Waals surface area (Å²) in [6.45, 7) is 3.83. The van der Waals surface area contributed by atoms with Crippen LogP contribution in [0.3, 0.4) is 0 Å². The van der Waals surface area contributed by atoms with Crippen LogP contribution < -0.4 is 15.8 Å². The number of aryl methyl sites for hydroxylation is 1. The molecule has 0 aliphatic rings. The lowest BCUT2D eigenvalue weighted by molar-refractivity contribution is -0.121. The highest BCUT2D eigenvalue weighted by Crippen LogP contribution is 2.10. The minimum Gasteiger partial charge on any atom is -0.492 e. The van der Waals surface area contributed by atoms with Crippen LogP contribution in [0.25, 0.3) is 0 Å². The Balaban J connectivity index is 2.00. The Hall–Kier alpha value is -1.55. The van der Waals surface area contributed by atoms with Crippen molar-refractivity contribution in [1.29, 1.82) is 0 Å². The molecule has 4 nitrogen and oxygen atoms in total. The van der Waals surface area contributed by atoms with E-state index in [4.69, 9.17) is 10.5 Å². The molecule has 112 valence electrons. The van der Waals surface area contributed by atoms with Crippen LogP contribution in [0.1, 0.15) is 37.7 Å². The van der Waals surface area contributed by atoms with Gasteiger partial charge in [0.25, 0.3) is 0 Å². The van der Waals surface area contributed by atoms with Crippen LogP contribution in [0.4, 0.5) is 0 Å². The minimum atomic E-state index is 0.102. The zero-order valence-corrected chi connectivity index (χ0v) is 12.4. The molecule has 0 heterocycles. The highest BCUT2D eigenvalue weighted by molar-refractivity contribution is 5.75. The van der Waals surface area contributed by atoms with Crippen LogP contribution in [0.15, 0.2) is 24.3 Å². The quantitative estimate of drug-likeness (QED) is 0.646. The van der Waals surface area contributed by atoms with Crippen molar-refractivity contribution in [2.75, 3.05) is 19.7 Å². The molecule has 1 aromatic carbocycles. The van der Waals surface area contributed by atoms with Gasteiger partial charge in [0.15, 0.2) is 0 Å². The van der Waals surface area contributed by atoms with Crippen LogP contribution in [0, 0.1) is 6.92 Å². The molecule has 0 aromatic heterocycles. The van der Waals surface area contributed by atoms with E-state index in [1.54, 1.807) is 0 Å². The second-order valence-corrected chi connectivity index (χ2v) is 4.96. The Kier molecular flexibility index (Phi) is 8.47. The fourth-order valence-electron chi connectivity index (χ4n) is 1.87. The monoisotopic (exact) mass is 278 g/mol. The topological polar surface area (TPSA) is 64.3 Å². The Labute approximate surface area is 121 Å². The Bertz CT molecular complexity index is 377. The molecule has 0 radical (unpaired) electrons. The number of hydrogen-bond acceptors (Lipinski definition) is 3. The maximum Gasteiger partial charge on any atom is 0.220 e. The maximum absolute atomic E-state index is 11.5. The van der Waals surface area contributed by atoms with E-state index in [-0.39, 0.29) is 5.91 Å². The fraction of sp³-hybridized carbons (Fsp3) is 0.562. The summed E-state index contributed by atoms with van der Waals surface area (Å²) in [5.41, 5.74) is 6.62. The number of benzene rings is 1. The van der Waals surface area contributed by atoms with Crippen molar-refractivity contribution >= 4 is 5.91 Å². The normalized spacial score (nSPS) is 10.3. The summed E-state index contributed by atoms with van der Waals surface area (Å²) < 4.78 is 5.54. The van der Waals surface area contributed by atoms with Crippen molar-refractivity contribution in [3.05, 3.63) is 29.8 Å². The van der Waals surface area contributed by atoms with E-state index in [1.165, 1.54) is 5.56 Å². The molecule has 0 aliphatic heterocycles. The number of hydrogen-bond donors (Lipinski definition) is 2. The lowest BCUT2D eigenvalue weighted by atomic mass is 10.1. The average molecular weight is 278 g/mol. The maximum atomic E-state index is 11.5. The summed E-state index contributed by atoms with van der Waals surface area (Å²) in [6.07, 6.45) is 4.76. The van der Waals surface area contributed by atoms with Gasteiger partial charge in [0.1, 0.15) is 12.4 Å². The van der Waals surface area contributed by atoms with Crippen molar-refractivity contribution in [1.82, 2.24) is 5.32 Å². The standard InChI is InChI=1S/C16H26N2O2/c1-14-7-9-15(10-8-14)20-13-12-18-16(19)6-4-2-3-5-11-17/h7-10H,2-6,11-13,17H2,1H3,(H,18,19). The molecular formula is C16H26N2O2. The minimum absolute atomic E-state index is 0.102. The Morgan fingerprint density at radius 3 is 2.55 bits per heavy atom. The third-order valence-corrected chi connectivity index (χ3v) is 3.07. The number of rotatable bonds is 10. The smallest absolute Gasteiger partial charge is 0.220 e. The molecule has 0 bridgehead atoms. The zero-order chi connectivity index (χ0) is 14.6. The van der Waals surface area contributed by atoms with E-state index >= 15 is 0 Å². The highest BCUT2D eigenvalue weighted by atomic mass is 16.5. The predicted molar refractivity (Wildman–Crippen MR) is 81.8 cm³/mol. The second-order valence-electron chi connectivity index (χ2n) is 4.96. The van der Waals surface area contributed by atoms with Gasteiger partial charge in [-0.3, -0.25) is 4.79 Å². The van der Waals surface area contributed by atoms with Gasteiger partial charge in [-0.25, -0.2) is 0 Å². The van der Waals surface area contributed by atoms with E-state index < -0.39 is 0 Å². The lowest BCUT2D eigenvalue weighted by Gasteiger charge is -2.08. The van der Waals surface area contributed by atoms with Gasteiger partial charge in [0.05, 0.1) is 6.54 Å². The molecule has 0 saturated carbocycles. The van der Waals surface area contributed by atoms with Crippen LogP contribution in [-0.4, -0.2) is 25.6 Å². The molecule has 0 aliphatic carbocycles. The first-order valence-corrected chi connectivity index (χ1v) is 7.38. The van der Waals surface area contributed by atoms with Crippen molar-refractivity contribution in [2.24, 2.45) is 5.73 Å². The van der Waals surface area contributed by atoms with E-state index in [1.807, 2.05) is 31.2 Å². The molecule has 0 atom stereocenters. The summed E-state index contributed by atoms with van der Waals surface area (Å²) >= 11 is 0. The molecule has 1 aromatic rings. The number of carbonyl (C=O) groups is 1. The van der Waals surface area contributed by atoms with Crippen molar-refractivity contribution in [3.63, 3.8) is 0 Å². The molecule has 20 heavy (non-hydrogen) atoms. The van der Waals surface area contributed by atoms with Crippen LogP contribution >= 0.6 is 0 Å². The fourth-order valence-corrected chi connectivity index (χ4v) is 1.87. The van der Waals surface area contributed by atoms with Gasteiger partial charge < -0.3 is 15.8 Å². The van der Waals surface area contributed by atoms with Gasteiger partial charge in [-0.2, -0.15) is 0 Å². The predicted octanol–water partition coefficient (Wildman–Crippen LogP) is 2.40. The summed E-state index contributed by atoms with van der Waals surface area (Å²) in [5.74, 6) is 0.942. The van der Waals surface area contributed by atoms with Crippen molar-refractivity contribution in [3.8, 4) is 5.75 Å². The second kappa shape index (κ2) is 10.3. The molecule has 1 amide bonds. The van der Waals surface area contributed by atoms with Gasteiger partial charge in [-0.15, -0.1) is 0 Å². The first-order chi connectivity index (χ1) is 9.72.